The van der Waals surface area contributed by atoms with E-state index in [0.29, 0.717) is 0 Å². The van der Waals surface area contributed by atoms with Crippen LogP contribution in [-0.4, -0.2) is 45.3 Å². The predicted molar refractivity (Wildman–Crippen MR) is 150 cm³/mol. The summed E-state index contributed by atoms with van der Waals surface area (Å²) >= 11 is 0. The molecule has 3 aromatic rings. The van der Waals surface area contributed by atoms with Crippen LogP contribution in [0.1, 0.15) is 86.3 Å². The molecule has 5 nitrogen and oxygen atoms in total. The van der Waals surface area contributed by atoms with Crippen LogP contribution in [-0.2, 0) is 12.8 Å². The number of nitrogens with one attached hydrogen (secondary N) is 1. The Bertz CT molecular complexity index is 1120. The van der Waals surface area contributed by atoms with E-state index in [9.17, 15) is 4.79 Å². The third-order valence-electron chi connectivity index (χ3n) is 8.51. The largest absolute Gasteiger partial charge is 0.349 e. The van der Waals surface area contributed by atoms with Gasteiger partial charge in [0.2, 0.25) is 0 Å². The number of carbonyl (C=O) groups excluding carboxylic acids is 1. The van der Waals surface area contributed by atoms with E-state index in [1.54, 1.807) is 6.20 Å². The third kappa shape index (κ3) is 5.98. The summed E-state index contributed by atoms with van der Waals surface area (Å²) in [5.41, 5.74) is 4.38. The molecule has 2 aliphatic rings. The number of likely N-dealkylation sites (tertiary alicyclic amines) is 1. The molecule has 1 N–H and O–H groups in total. The lowest BCUT2D eigenvalue weighted by molar-refractivity contribution is 0.0429. The van der Waals surface area contributed by atoms with Gasteiger partial charge in [0, 0.05) is 11.6 Å². The fraction of sp³-hybridized carbons (Fsp3) is 0.500. The summed E-state index contributed by atoms with van der Waals surface area (Å²) in [6.45, 7) is 4.58. The first-order valence-electron chi connectivity index (χ1n) is 14.4. The monoisotopic (exact) mass is 498 g/mol. The van der Waals surface area contributed by atoms with Gasteiger partial charge in [-0.1, -0.05) is 74.7 Å². The standard InChI is InChI=1S/C32H42N4O/c1-2-13-30-29(25-33-36(30)28-16-9-6-10-17-28)31(37)34-27-18-20-32(21-19-27,24-26-14-7-5-8-15-26)35-22-11-3-4-12-23-35/h5-10,14-17,25,27H,2-4,11-13,18-24H2,1H3,(H,34,37). The molecule has 1 aliphatic carbocycles. The Hall–Kier alpha value is -2.92. The fourth-order valence-corrected chi connectivity index (χ4v) is 6.52. The van der Waals surface area contributed by atoms with E-state index in [0.717, 1.165) is 61.9 Å². The molecule has 0 radical (unpaired) electrons. The van der Waals surface area contributed by atoms with Gasteiger partial charge in [-0.05, 0) is 82.2 Å². The number of carbonyl (C=O) groups is 1. The highest BCUT2D eigenvalue weighted by Gasteiger charge is 2.40. The second kappa shape index (κ2) is 12.1. The molecule has 0 bridgehead atoms. The van der Waals surface area contributed by atoms with E-state index in [4.69, 9.17) is 0 Å². The highest BCUT2D eigenvalue weighted by molar-refractivity contribution is 5.95. The van der Waals surface area contributed by atoms with Gasteiger partial charge in [0.15, 0.2) is 0 Å². The topological polar surface area (TPSA) is 50.2 Å². The molecule has 5 rings (SSSR count). The van der Waals surface area contributed by atoms with Crippen molar-refractivity contribution in [1.29, 1.82) is 0 Å². The van der Waals surface area contributed by atoms with Crippen LogP contribution < -0.4 is 5.32 Å². The van der Waals surface area contributed by atoms with Crippen LogP contribution in [0.25, 0.3) is 5.69 Å². The SMILES string of the molecule is CCCc1c(C(=O)NC2CCC(Cc3ccccc3)(N3CCCCCC3)CC2)cnn1-c1ccccc1. The Morgan fingerprint density at radius 3 is 2.24 bits per heavy atom. The second-order valence-electron chi connectivity index (χ2n) is 11.0. The van der Waals surface area contributed by atoms with Crippen LogP contribution in [0.15, 0.2) is 66.9 Å². The maximum atomic E-state index is 13.5. The van der Waals surface area contributed by atoms with Crippen molar-refractivity contribution >= 4 is 5.91 Å². The van der Waals surface area contributed by atoms with Crippen molar-refractivity contribution in [3.8, 4) is 5.69 Å². The molecule has 2 fully saturated rings. The van der Waals surface area contributed by atoms with E-state index in [1.807, 2.05) is 35.0 Å². The molecule has 1 saturated heterocycles. The van der Waals surface area contributed by atoms with Crippen molar-refractivity contribution in [2.24, 2.45) is 0 Å². The summed E-state index contributed by atoms with van der Waals surface area (Å²) < 4.78 is 1.93. The number of amides is 1. The number of benzene rings is 2. The second-order valence-corrected chi connectivity index (χ2v) is 11.0. The Morgan fingerprint density at radius 1 is 0.946 bits per heavy atom. The normalized spacial score (nSPS) is 22.9. The quantitative estimate of drug-likeness (QED) is 0.393. The number of para-hydroxylation sites is 1. The number of nitrogens with zero attached hydrogens (tertiary/aromatic N) is 3. The Labute approximate surface area is 222 Å². The first-order valence-corrected chi connectivity index (χ1v) is 14.4. The lowest BCUT2D eigenvalue weighted by Gasteiger charge is -2.48. The van der Waals surface area contributed by atoms with Crippen molar-refractivity contribution in [2.45, 2.75) is 89.1 Å². The average molecular weight is 499 g/mol. The molecule has 0 unspecified atom stereocenters. The van der Waals surface area contributed by atoms with E-state index in [2.05, 4.69) is 52.6 Å². The van der Waals surface area contributed by atoms with Crippen molar-refractivity contribution in [3.05, 3.63) is 83.7 Å². The Balaban J connectivity index is 1.29. The zero-order valence-corrected chi connectivity index (χ0v) is 22.4. The number of hydrogen-bond donors (Lipinski definition) is 1. The Kier molecular flexibility index (Phi) is 8.40. The summed E-state index contributed by atoms with van der Waals surface area (Å²) in [6, 6.07) is 21.4. The van der Waals surface area contributed by atoms with Crippen molar-refractivity contribution < 1.29 is 4.79 Å². The van der Waals surface area contributed by atoms with Crippen LogP contribution in [0.3, 0.4) is 0 Å². The van der Waals surface area contributed by atoms with Gasteiger partial charge in [-0.15, -0.1) is 0 Å². The molecule has 0 atom stereocenters. The van der Waals surface area contributed by atoms with Crippen LogP contribution in [0.2, 0.25) is 0 Å². The fourth-order valence-electron chi connectivity index (χ4n) is 6.52. The zero-order chi connectivity index (χ0) is 25.5. The Morgan fingerprint density at radius 2 is 1.59 bits per heavy atom. The van der Waals surface area contributed by atoms with Gasteiger partial charge in [0.1, 0.15) is 0 Å². The van der Waals surface area contributed by atoms with Gasteiger partial charge in [0.25, 0.3) is 5.91 Å². The van der Waals surface area contributed by atoms with Gasteiger partial charge in [-0.25, -0.2) is 4.68 Å². The van der Waals surface area contributed by atoms with Gasteiger partial charge < -0.3 is 5.32 Å². The molecule has 37 heavy (non-hydrogen) atoms. The van der Waals surface area contributed by atoms with E-state index >= 15 is 0 Å². The summed E-state index contributed by atoms with van der Waals surface area (Å²) in [5.74, 6) is 0.0287. The molecule has 1 saturated carbocycles. The van der Waals surface area contributed by atoms with Gasteiger partial charge in [-0.2, -0.15) is 5.10 Å². The molecule has 2 heterocycles. The number of hydrogen-bond acceptors (Lipinski definition) is 3. The third-order valence-corrected chi connectivity index (χ3v) is 8.51. The van der Waals surface area contributed by atoms with Crippen LogP contribution >= 0.6 is 0 Å². The minimum Gasteiger partial charge on any atom is -0.349 e. The van der Waals surface area contributed by atoms with Crippen molar-refractivity contribution in [1.82, 2.24) is 20.0 Å². The smallest absolute Gasteiger partial charge is 0.254 e. The van der Waals surface area contributed by atoms with Crippen molar-refractivity contribution in [3.63, 3.8) is 0 Å². The molecule has 1 amide bonds. The van der Waals surface area contributed by atoms with E-state index in [1.165, 1.54) is 44.3 Å². The predicted octanol–water partition coefficient (Wildman–Crippen LogP) is 6.35. The number of aromatic nitrogens is 2. The maximum absolute atomic E-state index is 13.5. The molecule has 5 heteroatoms. The first-order chi connectivity index (χ1) is 18.2. The molecular weight excluding hydrogens is 456 g/mol. The lowest BCUT2D eigenvalue weighted by Crippen LogP contribution is -2.55. The van der Waals surface area contributed by atoms with Gasteiger partial charge in [0.05, 0.1) is 23.1 Å². The summed E-state index contributed by atoms with van der Waals surface area (Å²) in [4.78, 5) is 16.3. The molecular formula is C32H42N4O. The summed E-state index contributed by atoms with van der Waals surface area (Å²) in [7, 11) is 0. The summed E-state index contributed by atoms with van der Waals surface area (Å²) in [5, 5.41) is 8.01. The van der Waals surface area contributed by atoms with Crippen LogP contribution in [0.4, 0.5) is 0 Å². The van der Waals surface area contributed by atoms with Gasteiger partial charge in [-0.3, -0.25) is 9.69 Å². The highest BCUT2D eigenvalue weighted by atomic mass is 16.1. The summed E-state index contributed by atoms with van der Waals surface area (Å²) in [6.07, 6.45) is 14.3. The minimum atomic E-state index is 0.0287. The zero-order valence-electron chi connectivity index (χ0n) is 22.4. The molecule has 2 aromatic carbocycles. The molecule has 0 spiro atoms. The van der Waals surface area contributed by atoms with Gasteiger partial charge >= 0.3 is 0 Å². The lowest BCUT2D eigenvalue weighted by atomic mass is 9.74. The van der Waals surface area contributed by atoms with E-state index < -0.39 is 0 Å². The first kappa shape index (κ1) is 25.7. The maximum Gasteiger partial charge on any atom is 0.254 e. The van der Waals surface area contributed by atoms with E-state index in [-0.39, 0.29) is 17.5 Å². The van der Waals surface area contributed by atoms with Crippen LogP contribution in [0.5, 0.6) is 0 Å². The minimum absolute atomic E-state index is 0.0287. The molecule has 1 aliphatic heterocycles. The van der Waals surface area contributed by atoms with Crippen LogP contribution in [0, 0.1) is 0 Å². The molecule has 196 valence electrons. The van der Waals surface area contributed by atoms with Crippen molar-refractivity contribution in [2.75, 3.05) is 13.1 Å². The molecule has 1 aromatic heterocycles. The average Bonchev–Trinajstić information content (AvgIpc) is 3.15. The number of rotatable bonds is 8. The highest BCUT2D eigenvalue weighted by Crippen LogP contribution is 2.38.